The van der Waals surface area contributed by atoms with Crippen LogP contribution >= 0.6 is 0 Å². The lowest BCUT2D eigenvalue weighted by Crippen LogP contribution is -2.47. The van der Waals surface area contributed by atoms with Gasteiger partial charge in [0, 0.05) is 0 Å². The van der Waals surface area contributed by atoms with Gasteiger partial charge in [0.25, 0.3) is 0 Å². The molecule has 0 saturated heterocycles. The Hall–Kier alpha value is -3.44. The summed E-state index contributed by atoms with van der Waals surface area (Å²) in [7, 11) is 0. The Labute approximate surface area is 183 Å². The summed E-state index contributed by atoms with van der Waals surface area (Å²) in [4.78, 5) is 24.3. The van der Waals surface area contributed by atoms with E-state index >= 15 is 0 Å². The Morgan fingerprint density at radius 2 is 1.19 bits per heavy atom. The maximum absolute atomic E-state index is 12.5. The topological polar surface area (TPSA) is 64.6 Å². The van der Waals surface area contributed by atoms with E-state index in [1.54, 1.807) is 0 Å². The fourth-order valence-electron chi connectivity index (χ4n) is 3.47. The van der Waals surface area contributed by atoms with Crippen molar-refractivity contribution < 1.29 is 19.1 Å². The van der Waals surface area contributed by atoms with Crippen LogP contribution in [0.5, 0.6) is 0 Å². The molecule has 0 saturated carbocycles. The van der Waals surface area contributed by atoms with Gasteiger partial charge in [-0.05, 0) is 22.6 Å². The van der Waals surface area contributed by atoms with Gasteiger partial charge in [-0.1, -0.05) is 105 Å². The summed E-state index contributed by atoms with van der Waals surface area (Å²) in [6.45, 7) is 3.83. The van der Waals surface area contributed by atoms with Crippen LogP contribution in [0.1, 0.15) is 30.5 Å². The number of carbonyl (C=O) groups excluding carboxylic acids is 2. The fourth-order valence-corrected chi connectivity index (χ4v) is 3.47. The number of nitrogens with one attached hydrogen (secondary N) is 1. The van der Waals surface area contributed by atoms with Gasteiger partial charge in [-0.15, -0.1) is 0 Å². The predicted molar refractivity (Wildman–Crippen MR) is 119 cm³/mol. The van der Waals surface area contributed by atoms with Crippen molar-refractivity contribution in [2.45, 2.75) is 19.4 Å². The Kier molecular flexibility index (Phi) is 7.57. The van der Waals surface area contributed by atoms with Gasteiger partial charge < -0.3 is 9.47 Å². The Morgan fingerprint density at radius 1 is 0.774 bits per heavy atom. The third kappa shape index (κ3) is 5.58. The molecule has 0 unspecified atom stereocenters. The molecule has 160 valence electrons. The molecule has 0 heterocycles. The summed E-state index contributed by atoms with van der Waals surface area (Å²) >= 11 is 0. The first-order chi connectivity index (χ1) is 15.0. The standard InChI is InChI=1S/C26H27NO4/c1-20(2)19-30-25(29)31-24(28)18-27-26(21-12-6-3-7-13-21,22-14-8-4-9-15-22)23-16-10-5-11-17-23/h3-17,20,27H,18-19H2,1-2H3. The lowest BCUT2D eigenvalue weighted by Gasteiger charge is -2.36. The largest absolute Gasteiger partial charge is 0.516 e. The highest BCUT2D eigenvalue weighted by Gasteiger charge is 2.36. The third-order valence-corrected chi connectivity index (χ3v) is 4.85. The zero-order valence-corrected chi connectivity index (χ0v) is 17.8. The van der Waals surface area contributed by atoms with Gasteiger partial charge in [0.2, 0.25) is 0 Å². The number of benzene rings is 3. The van der Waals surface area contributed by atoms with Crippen LogP contribution in [0.15, 0.2) is 91.0 Å². The van der Waals surface area contributed by atoms with Crippen LogP contribution in [-0.4, -0.2) is 25.3 Å². The van der Waals surface area contributed by atoms with Crippen LogP contribution in [0, 0.1) is 5.92 Å². The average Bonchev–Trinajstić information content (AvgIpc) is 2.80. The molecule has 0 fully saturated rings. The van der Waals surface area contributed by atoms with E-state index in [9.17, 15) is 9.59 Å². The first-order valence-electron chi connectivity index (χ1n) is 10.3. The minimum Gasteiger partial charge on any atom is -0.434 e. The summed E-state index contributed by atoms with van der Waals surface area (Å²) < 4.78 is 9.79. The monoisotopic (exact) mass is 417 g/mol. The Bertz CT molecular complexity index is 875. The van der Waals surface area contributed by atoms with Crippen LogP contribution in [0.2, 0.25) is 0 Å². The van der Waals surface area contributed by atoms with Crippen LogP contribution in [0.3, 0.4) is 0 Å². The summed E-state index contributed by atoms with van der Waals surface area (Å²) in [5.74, 6) is -0.552. The van der Waals surface area contributed by atoms with Crippen molar-refractivity contribution >= 4 is 12.1 Å². The van der Waals surface area contributed by atoms with E-state index < -0.39 is 17.7 Å². The minimum atomic E-state index is -0.981. The second-order valence-electron chi connectivity index (χ2n) is 7.63. The van der Waals surface area contributed by atoms with E-state index in [0.29, 0.717) is 0 Å². The minimum absolute atomic E-state index is 0.155. The summed E-state index contributed by atoms with van der Waals surface area (Å²) in [5.41, 5.74) is 2.07. The molecule has 0 aliphatic rings. The van der Waals surface area contributed by atoms with Gasteiger partial charge in [-0.2, -0.15) is 0 Å². The van der Waals surface area contributed by atoms with Crippen LogP contribution in [-0.2, 0) is 19.8 Å². The molecular formula is C26H27NO4. The highest BCUT2D eigenvalue weighted by molar-refractivity contribution is 5.83. The van der Waals surface area contributed by atoms with Crippen molar-refractivity contribution in [3.63, 3.8) is 0 Å². The van der Waals surface area contributed by atoms with Crippen molar-refractivity contribution in [2.75, 3.05) is 13.2 Å². The van der Waals surface area contributed by atoms with E-state index in [0.717, 1.165) is 16.7 Å². The molecule has 0 aliphatic carbocycles. The van der Waals surface area contributed by atoms with Crippen LogP contribution in [0.4, 0.5) is 4.79 Å². The molecule has 0 aliphatic heterocycles. The summed E-state index contributed by atoms with van der Waals surface area (Å²) in [6, 6.07) is 29.6. The molecule has 0 aromatic heterocycles. The van der Waals surface area contributed by atoms with Gasteiger partial charge in [0.15, 0.2) is 0 Å². The Balaban J connectivity index is 1.93. The summed E-state index contributed by atoms with van der Waals surface area (Å²) in [6.07, 6.45) is -0.981. The van der Waals surface area contributed by atoms with Gasteiger partial charge in [-0.3, -0.25) is 10.1 Å². The van der Waals surface area contributed by atoms with Crippen molar-refractivity contribution in [2.24, 2.45) is 5.92 Å². The summed E-state index contributed by atoms with van der Waals surface area (Å²) in [5, 5.41) is 3.37. The van der Waals surface area contributed by atoms with Gasteiger partial charge >= 0.3 is 12.1 Å². The quantitative estimate of drug-likeness (QED) is 0.321. The van der Waals surface area contributed by atoms with E-state index in [2.05, 4.69) is 5.32 Å². The van der Waals surface area contributed by atoms with Crippen molar-refractivity contribution in [3.8, 4) is 0 Å². The van der Waals surface area contributed by atoms with E-state index in [-0.39, 0.29) is 19.1 Å². The van der Waals surface area contributed by atoms with E-state index in [4.69, 9.17) is 9.47 Å². The molecule has 5 nitrogen and oxygen atoms in total. The molecule has 0 spiro atoms. The molecule has 5 heteroatoms. The molecule has 31 heavy (non-hydrogen) atoms. The van der Waals surface area contributed by atoms with Crippen molar-refractivity contribution in [1.82, 2.24) is 5.32 Å². The van der Waals surface area contributed by atoms with Gasteiger partial charge in [0.1, 0.15) is 0 Å². The first kappa shape index (κ1) is 22.2. The third-order valence-electron chi connectivity index (χ3n) is 4.85. The molecule has 0 amide bonds. The average molecular weight is 418 g/mol. The zero-order valence-electron chi connectivity index (χ0n) is 17.8. The number of ether oxygens (including phenoxy) is 2. The number of hydrogen-bond donors (Lipinski definition) is 1. The van der Waals surface area contributed by atoms with Gasteiger partial charge in [0.05, 0.1) is 18.7 Å². The molecule has 0 atom stereocenters. The van der Waals surface area contributed by atoms with Crippen LogP contribution in [0.25, 0.3) is 0 Å². The van der Waals surface area contributed by atoms with Crippen molar-refractivity contribution in [3.05, 3.63) is 108 Å². The normalized spacial score (nSPS) is 11.2. The smallest absolute Gasteiger partial charge is 0.434 e. The maximum atomic E-state index is 12.5. The lowest BCUT2D eigenvalue weighted by atomic mass is 9.77. The second kappa shape index (κ2) is 10.5. The predicted octanol–water partition coefficient (Wildman–Crippen LogP) is 4.90. The SMILES string of the molecule is CC(C)COC(=O)OC(=O)CNC(c1ccccc1)(c1ccccc1)c1ccccc1. The number of rotatable bonds is 8. The Morgan fingerprint density at radius 3 is 1.58 bits per heavy atom. The molecule has 3 aromatic rings. The van der Waals surface area contributed by atoms with E-state index in [1.165, 1.54) is 0 Å². The highest BCUT2D eigenvalue weighted by Crippen LogP contribution is 2.36. The molecule has 3 rings (SSSR count). The van der Waals surface area contributed by atoms with Gasteiger partial charge in [-0.25, -0.2) is 4.79 Å². The lowest BCUT2D eigenvalue weighted by molar-refractivity contribution is -0.139. The maximum Gasteiger partial charge on any atom is 0.516 e. The molecule has 3 aromatic carbocycles. The van der Waals surface area contributed by atoms with Crippen molar-refractivity contribution in [1.29, 1.82) is 0 Å². The second-order valence-corrected chi connectivity index (χ2v) is 7.63. The molecule has 0 radical (unpaired) electrons. The van der Waals surface area contributed by atoms with Crippen LogP contribution < -0.4 is 5.32 Å². The number of carbonyl (C=O) groups is 2. The number of esters is 1. The number of hydrogen-bond acceptors (Lipinski definition) is 5. The zero-order chi connectivity index (χ0) is 22.1. The molecular weight excluding hydrogens is 390 g/mol. The molecule has 1 N–H and O–H groups in total. The fraction of sp³-hybridized carbons (Fsp3) is 0.231. The highest BCUT2D eigenvalue weighted by atomic mass is 16.7. The first-order valence-corrected chi connectivity index (χ1v) is 10.3. The van der Waals surface area contributed by atoms with E-state index in [1.807, 2.05) is 105 Å². The molecule has 0 bridgehead atoms.